The summed E-state index contributed by atoms with van der Waals surface area (Å²) in [7, 11) is 1.66. The number of nitrogens with two attached hydrogens (primary N) is 1. The number of rotatable bonds is 5. The van der Waals surface area contributed by atoms with Gasteiger partial charge in [0, 0.05) is 12.7 Å². The molecule has 0 saturated carbocycles. The van der Waals surface area contributed by atoms with Gasteiger partial charge in [-0.15, -0.1) is 0 Å². The number of benzene rings is 1. The zero-order valence-electron chi connectivity index (χ0n) is 11.2. The molecule has 0 amide bonds. The average Bonchev–Trinajstić information content (AvgIpc) is 2.45. The van der Waals surface area contributed by atoms with Crippen LogP contribution in [0.2, 0.25) is 0 Å². The van der Waals surface area contributed by atoms with Crippen molar-refractivity contribution in [3.63, 3.8) is 0 Å². The summed E-state index contributed by atoms with van der Waals surface area (Å²) in [4.78, 5) is 12.8. The molecule has 0 aliphatic rings. The number of hydrogen-bond acceptors (Lipinski definition) is 5. The third kappa shape index (κ3) is 3.26. The number of hydrogen-bond donors (Lipinski definition) is 1. The third-order valence-corrected chi connectivity index (χ3v) is 2.83. The third-order valence-electron chi connectivity index (χ3n) is 2.83. The number of aromatic nitrogens is 3. The fourth-order valence-electron chi connectivity index (χ4n) is 1.88. The Balaban J connectivity index is 2.39. The first-order valence-electron chi connectivity index (χ1n) is 6.34. The van der Waals surface area contributed by atoms with E-state index in [-0.39, 0.29) is 12.1 Å². The lowest BCUT2D eigenvalue weighted by atomic mass is 10.2. The summed E-state index contributed by atoms with van der Waals surface area (Å²) in [6, 6.07) is 9.72. The first-order valence-corrected chi connectivity index (χ1v) is 6.34. The molecule has 0 spiro atoms. The molecule has 5 heteroatoms. The molecule has 0 bridgehead atoms. The zero-order valence-corrected chi connectivity index (χ0v) is 11.2. The van der Waals surface area contributed by atoms with Gasteiger partial charge in [0.05, 0.1) is 0 Å². The summed E-state index contributed by atoms with van der Waals surface area (Å²) in [5.41, 5.74) is 6.69. The van der Waals surface area contributed by atoms with Crippen molar-refractivity contribution in [3.8, 4) is 11.4 Å². The van der Waals surface area contributed by atoms with Crippen molar-refractivity contribution < 1.29 is 4.74 Å². The quantitative estimate of drug-likeness (QED) is 0.892. The van der Waals surface area contributed by atoms with Crippen molar-refractivity contribution in [1.82, 2.24) is 15.0 Å². The molecule has 2 rings (SSSR count). The Morgan fingerprint density at radius 2 is 1.89 bits per heavy atom. The van der Waals surface area contributed by atoms with E-state index in [1.807, 2.05) is 30.3 Å². The van der Waals surface area contributed by atoms with Gasteiger partial charge < -0.3 is 10.5 Å². The smallest absolute Gasteiger partial charge is 0.223 e. The van der Waals surface area contributed by atoms with Crippen LogP contribution in [0.3, 0.4) is 0 Å². The van der Waals surface area contributed by atoms with Gasteiger partial charge in [-0.1, -0.05) is 43.7 Å². The highest BCUT2D eigenvalue weighted by Gasteiger charge is 2.15. The van der Waals surface area contributed by atoms with E-state index in [4.69, 9.17) is 10.5 Å². The molecule has 0 aliphatic carbocycles. The van der Waals surface area contributed by atoms with Crippen molar-refractivity contribution >= 4 is 5.95 Å². The normalized spacial score (nSPS) is 12.3. The number of nitrogen functional groups attached to an aromatic ring is 1. The minimum Gasteiger partial charge on any atom is -0.373 e. The maximum Gasteiger partial charge on any atom is 0.223 e. The molecule has 1 unspecified atom stereocenters. The fourth-order valence-corrected chi connectivity index (χ4v) is 1.88. The molecular formula is C14H18N4O. The van der Waals surface area contributed by atoms with E-state index >= 15 is 0 Å². The van der Waals surface area contributed by atoms with Crippen molar-refractivity contribution in [2.24, 2.45) is 0 Å². The Hall–Kier alpha value is -2.01. The maximum absolute atomic E-state index is 5.77. The molecule has 1 atom stereocenters. The molecule has 2 N–H and O–H groups in total. The summed E-state index contributed by atoms with van der Waals surface area (Å²) in [6.45, 7) is 2.09. The van der Waals surface area contributed by atoms with Crippen LogP contribution in [-0.4, -0.2) is 22.1 Å². The van der Waals surface area contributed by atoms with E-state index < -0.39 is 0 Å². The van der Waals surface area contributed by atoms with Crippen LogP contribution in [-0.2, 0) is 4.74 Å². The Kier molecular flexibility index (Phi) is 4.41. The first kappa shape index (κ1) is 13.4. The molecule has 19 heavy (non-hydrogen) atoms. The van der Waals surface area contributed by atoms with Crippen LogP contribution >= 0.6 is 0 Å². The van der Waals surface area contributed by atoms with Crippen LogP contribution in [0.1, 0.15) is 31.7 Å². The molecule has 5 nitrogen and oxygen atoms in total. The van der Waals surface area contributed by atoms with Gasteiger partial charge in [-0.2, -0.15) is 9.97 Å². The molecule has 0 fully saturated rings. The summed E-state index contributed by atoms with van der Waals surface area (Å²) < 4.78 is 5.41. The highest BCUT2D eigenvalue weighted by atomic mass is 16.5. The average molecular weight is 258 g/mol. The second-order valence-electron chi connectivity index (χ2n) is 4.25. The van der Waals surface area contributed by atoms with Gasteiger partial charge in [0.15, 0.2) is 11.6 Å². The van der Waals surface area contributed by atoms with Crippen LogP contribution in [0, 0.1) is 0 Å². The molecule has 0 saturated heterocycles. The predicted molar refractivity (Wildman–Crippen MR) is 74.3 cm³/mol. The lowest BCUT2D eigenvalue weighted by molar-refractivity contribution is 0.0876. The summed E-state index contributed by atoms with van der Waals surface area (Å²) in [6.07, 6.45) is 1.71. The maximum atomic E-state index is 5.77. The standard InChI is InChI=1S/C14H18N4O/c1-3-7-11(19-2)13-16-12(17-14(15)18-13)10-8-5-4-6-9-10/h4-6,8-9,11H,3,7H2,1-2H3,(H2,15,16,17,18). The monoisotopic (exact) mass is 258 g/mol. The molecule has 0 aliphatic heterocycles. The van der Waals surface area contributed by atoms with Crippen molar-refractivity contribution in [1.29, 1.82) is 0 Å². The summed E-state index contributed by atoms with van der Waals surface area (Å²) in [5, 5.41) is 0. The molecule has 0 radical (unpaired) electrons. The van der Waals surface area contributed by atoms with Gasteiger partial charge in [-0.25, -0.2) is 4.98 Å². The van der Waals surface area contributed by atoms with Crippen molar-refractivity contribution in [3.05, 3.63) is 36.2 Å². The lowest BCUT2D eigenvalue weighted by Crippen LogP contribution is -2.11. The second-order valence-corrected chi connectivity index (χ2v) is 4.25. The van der Waals surface area contributed by atoms with Crippen molar-refractivity contribution in [2.75, 3.05) is 12.8 Å². The van der Waals surface area contributed by atoms with E-state index in [0.29, 0.717) is 11.6 Å². The van der Waals surface area contributed by atoms with Gasteiger partial charge in [0.25, 0.3) is 0 Å². The largest absolute Gasteiger partial charge is 0.373 e. The van der Waals surface area contributed by atoms with Crippen molar-refractivity contribution in [2.45, 2.75) is 25.9 Å². The van der Waals surface area contributed by atoms with E-state index in [1.165, 1.54) is 0 Å². The van der Waals surface area contributed by atoms with Crippen LogP contribution in [0.5, 0.6) is 0 Å². The van der Waals surface area contributed by atoms with Crippen LogP contribution in [0.25, 0.3) is 11.4 Å². The fraction of sp³-hybridized carbons (Fsp3) is 0.357. The van der Waals surface area contributed by atoms with Gasteiger partial charge in [0.2, 0.25) is 5.95 Å². The van der Waals surface area contributed by atoms with Gasteiger partial charge in [-0.05, 0) is 6.42 Å². The van der Waals surface area contributed by atoms with Gasteiger partial charge in [-0.3, -0.25) is 0 Å². The number of methoxy groups -OCH3 is 1. The number of ether oxygens (including phenoxy) is 1. The Labute approximate surface area is 112 Å². The van der Waals surface area contributed by atoms with E-state index in [0.717, 1.165) is 18.4 Å². The number of anilines is 1. The number of nitrogens with zero attached hydrogens (tertiary/aromatic N) is 3. The molecule has 1 heterocycles. The van der Waals surface area contributed by atoms with Crippen LogP contribution in [0.15, 0.2) is 30.3 Å². The van der Waals surface area contributed by atoms with Crippen LogP contribution < -0.4 is 5.73 Å². The van der Waals surface area contributed by atoms with E-state index in [2.05, 4.69) is 21.9 Å². The predicted octanol–water partition coefficient (Wildman–Crippen LogP) is 2.61. The molecule has 1 aromatic carbocycles. The minimum absolute atomic E-state index is 0.141. The Morgan fingerprint density at radius 3 is 2.53 bits per heavy atom. The van der Waals surface area contributed by atoms with E-state index in [9.17, 15) is 0 Å². The SMILES string of the molecule is CCCC(OC)c1nc(N)nc(-c2ccccc2)n1. The Bertz CT molecular complexity index is 530. The molecule has 100 valence electrons. The first-order chi connectivity index (χ1) is 9.24. The minimum atomic E-state index is -0.141. The van der Waals surface area contributed by atoms with Crippen LogP contribution in [0.4, 0.5) is 5.95 Å². The van der Waals surface area contributed by atoms with Gasteiger partial charge in [0.1, 0.15) is 6.10 Å². The topological polar surface area (TPSA) is 73.9 Å². The highest BCUT2D eigenvalue weighted by molar-refractivity contribution is 5.55. The second kappa shape index (κ2) is 6.24. The summed E-state index contributed by atoms with van der Waals surface area (Å²) >= 11 is 0. The Morgan fingerprint density at radius 1 is 1.16 bits per heavy atom. The zero-order chi connectivity index (χ0) is 13.7. The lowest BCUT2D eigenvalue weighted by Gasteiger charge is -2.13. The summed E-state index contributed by atoms with van der Waals surface area (Å²) in [5.74, 6) is 1.40. The van der Waals surface area contributed by atoms with Gasteiger partial charge >= 0.3 is 0 Å². The highest BCUT2D eigenvalue weighted by Crippen LogP contribution is 2.22. The molecular weight excluding hydrogens is 240 g/mol. The molecule has 1 aromatic heterocycles. The molecule has 2 aromatic rings. The van der Waals surface area contributed by atoms with E-state index in [1.54, 1.807) is 7.11 Å².